The van der Waals surface area contributed by atoms with Crippen LogP contribution in [0.15, 0.2) is 0 Å². The van der Waals surface area contributed by atoms with Crippen molar-refractivity contribution in [2.75, 3.05) is 17.7 Å². The average molecular weight is 249 g/mol. The lowest BCUT2D eigenvalue weighted by Crippen LogP contribution is -2.23. The summed E-state index contributed by atoms with van der Waals surface area (Å²) in [4.78, 5) is 0. The van der Waals surface area contributed by atoms with Gasteiger partial charge in [-0.3, -0.25) is 0 Å². The van der Waals surface area contributed by atoms with Gasteiger partial charge in [-0.2, -0.15) is 10.4 Å². The molecule has 0 radical (unpaired) electrons. The van der Waals surface area contributed by atoms with Crippen molar-refractivity contribution in [3.05, 3.63) is 5.56 Å². The fourth-order valence-electron chi connectivity index (χ4n) is 2.39. The molecular formula is C12H19N5O. The molecule has 6 heteroatoms. The fraction of sp³-hybridized carbons (Fsp3) is 0.667. The van der Waals surface area contributed by atoms with Gasteiger partial charge in [0.05, 0.1) is 13.2 Å². The molecule has 0 bridgehead atoms. The Labute approximate surface area is 106 Å². The number of hydrogen-bond acceptors (Lipinski definition) is 5. The van der Waals surface area contributed by atoms with Crippen LogP contribution in [-0.2, 0) is 6.54 Å². The molecule has 0 amide bonds. The van der Waals surface area contributed by atoms with Gasteiger partial charge in [-0.15, -0.1) is 0 Å². The minimum atomic E-state index is -0.0420. The largest absolute Gasteiger partial charge is 0.394 e. The second-order valence-corrected chi connectivity index (χ2v) is 4.65. The summed E-state index contributed by atoms with van der Waals surface area (Å²) in [6.07, 6.45) is 5.93. The highest BCUT2D eigenvalue weighted by atomic mass is 16.3. The molecule has 1 aromatic rings. The number of aliphatic hydroxyl groups excluding tert-OH is 1. The fourth-order valence-corrected chi connectivity index (χ4v) is 2.39. The maximum Gasteiger partial charge on any atom is 0.168 e. The van der Waals surface area contributed by atoms with E-state index in [2.05, 4.69) is 16.5 Å². The van der Waals surface area contributed by atoms with Crippen LogP contribution < -0.4 is 11.1 Å². The van der Waals surface area contributed by atoms with Gasteiger partial charge in [0, 0.05) is 6.04 Å². The molecule has 1 heterocycles. The van der Waals surface area contributed by atoms with Crippen LogP contribution in [-0.4, -0.2) is 27.5 Å². The summed E-state index contributed by atoms with van der Waals surface area (Å²) in [7, 11) is 0. The summed E-state index contributed by atoms with van der Waals surface area (Å²) < 4.78 is 1.48. The molecule has 1 aliphatic rings. The van der Waals surface area contributed by atoms with Gasteiger partial charge < -0.3 is 16.2 Å². The SMILES string of the molecule is N#Cc1c(NC2CCCCC2)nn(CCO)c1N. The Bertz CT molecular complexity index is 442. The van der Waals surface area contributed by atoms with Gasteiger partial charge in [-0.05, 0) is 12.8 Å². The second-order valence-electron chi connectivity index (χ2n) is 4.65. The van der Waals surface area contributed by atoms with E-state index in [9.17, 15) is 0 Å². The first-order valence-electron chi connectivity index (χ1n) is 6.40. The molecule has 18 heavy (non-hydrogen) atoms. The standard InChI is InChI=1S/C12H19N5O/c13-8-10-11(14)17(6-7-18)16-12(10)15-9-4-2-1-3-5-9/h9,18H,1-7,14H2,(H,15,16). The third-order valence-corrected chi connectivity index (χ3v) is 3.36. The van der Waals surface area contributed by atoms with E-state index in [-0.39, 0.29) is 6.61 Å². The summed E-state index contributed by atoms with van der Waals surface area (Å²) in [6, 6.07) is 2.46. The quantitative estimate of drug-likeness (QED) is 0.741. The third-order valence-electron chi connectivity index (χ3n) is 3.36. The lowest BCUT2D eigenvalue weighted by molar-refractivity contribution is 0.270. The number of anilines is 2. The monoisotopic (exact) mass is 249 g/mol. The Morgan fingerprint density at radius 2 is 2.17 bits per heavy atom. The van der Waals surface area contributed by atoms with Crippen molar-refractivity contribution in [2.45, 2.75) is 44.7 Å². The molecule has 0 atom stereocenters. The molecule has 1 aliphatic carbocycles. The number of aromatic nitrogens is 2. The summed E-state index contributed by atoms with van der Waals surface area (Å²) in [5.41, 5.74) is 6.22. The Morgan fingerprint density at radius 3 is 2.78 bits per heavy atom. The van der Waals surface area contributed by atoms with Gasteiger partial charge in [-0.1, -0.05) is 19.3 Å². The first-order chi connectivity index (χ1) is 8.76. The molecule has 1 aromatic heterocycles. The van der Waals surface area contributed by atoms with Crippen LogP contribution in [0.25, 0.3) is 0 Å². The zero-order valence-electron chi connectivity index (χ0n) is 10.4. The molecule has 0 spiro atoms. The number of nitriles is 1. The lowest BCUT2D eigenvalue weighted by atomic mass is 9.95. The van der Waals surface area contributed by atoms with Gasteiger partial charge in [0.1, 0.15) is 17.5 Å². The Morgan fingerprint density at radius 1 is 1.44 bits per heavy atom. The number of rotatable bonds is 4. The smallest absolute Gasteiger partial charge is 0.168 e. The van der Waals surface area contributed by atoms with Crippen molar-refractivity contribution < 1.29 is 5.11 Å². The predicted molar refractivity (Wildman–Crippen MR) is 68.9 cm³/mol. The molecule has 98 valence electrons. The average Bonchev–Trinajstić information content (AvgIpc) is 2.67. The molecule has 1 fully saturated rings. The maximum atomic E-state index is 9.12. The van der Waals surface area contributed by atoms with E-state index in [1.54, 1.807) is 0 Å². The van der Waals surface area contributed by atoms with Gasteiger partial charge >= 0.3 is 0 Å². The van der Waals surface area contributed by atoms with Crippen molar-refractivity contribution in [2.24, 2.45) is 0 Å². The molecule has 4 N–H and O–H groups in total. The van der Waals surface area contributed by atoms with Crippen LogP contribution in [0.2, 0.25) is 0 Å². The van der Waals surface area contributed by atoms with E-state index in [1.807, 2.05) is 0 Å². The first kappa shape index (κ1) is 12.7. The van der Waals surface area contributed by atoms with Crippen molar-refractivity contribution in [1.82, 2.24) is 9.78 Å². The number of nitrogens with zero attached hydrogens (tertiary/aromatic N) is 3. The van der Waals surface area contributed by atoms with Crippen molar-refractivity contribution in [3.8, 4) is 6.07 Å². The Kier molecular flexibility index (Phi) is 4.05. The van der Waals surface area contributed by atoms with Crippen LogP contribution in [0.1, 0.15) is 37.7 Å². The highest BCUT2D eigenvalue weighted by molar-refractivity contribution is 5.64. The number of hydrogen-bond donors (Lipinski definition) is 3. The highest BCUT2D eigenvalue weighted by Gasteiger charge is 2.19. The molecule has 2 rings (SSSR count). The first-order valence-corrected chi connectivity index (χ1v) is 6.40. The number of aliphatic hydroxyl groups is 1. The van der Waals surface area contributed by atoms with Crippen LogP contribution in [0.3, 0.4) is 0 Å². The summed E-state index contributed by atoms with van der Waals surface area (Å²) in [6.45, 7) is 0.270. The topological polar surface area (TPSA) is 99.9 Å². The lowest BCUT2D eigenvalue weighted by Gasteiger charge is -2.22. The van der Waals surface area contributed by atoms with Crippen molar-refractivity contribution in [3.63, 3.8) is 0 Å². The Balaban J connectivity index is 2.16. The van der Waals surface area contributed by atoms with E-state index in [4.69, 9.17) is 16.1 Å². The number of nitrogens with two attached hydrogens (primary N) is 1. The summed E-state index contributed by atoms with van der Waals surface area (Å²) in [5.74, 6) is 0.875. The van der Waals surface area contributed by atoms with Gasteiger partial charge in [0.25, 0.3) is 0 Å². The third kappa shape index (κ3) is 2.57. The zero-order chi connectivity index (χ0) is 13.0. The molecule has 0 unspecified atom stereocenters. The van der Waals surface area contributed by atoms with E-state index >= 15 is 0 Å². The van der Waals surface area contributed by atoms with Crippen molar-refractivity contribution >= 4 is 11.6 Å². The van der Waals surface area contributed by atoms with Crippen LogP contribution in [0, 0.1) is 11.3 Å². The second kappa shape index (κ2) is 5.74. The number of nitrogen functional groups attached to an aromatic ring is 1. The Hall–Kier alpha value is -1.74. The molecular weight excluding hydrogens is 230 g/mol. The number of nitrogens with one attached hydrogen (secondary N) is 1. The zero-order valence-corrected chi connectivity index (χ0v) is 10.4. The normalized spacial score (nSPS) is 16.4. The molecule has 0 saturated heterocycles. The van der Waals surface area contributed by atoms with E-state index in [0.717, 1.165) is 12.8 Å². The minimum absolute atomic E-state index is 0.0420. The molecule has 6 nitrogen and oxygen atoms in total. The maximum absolute atomic E-state index is 9.12. The minimum Gasteiger partial charge on any atom is -0.394 e. The van der Waals surface area contributed by atoms with Gasteiger partial charge in [-0.25, -0.2) is 4.68 Å². The van der Waals surface area contributed by atoms with Crippen molar-refractivity contribution in [1.29, 1.82) is 5.26 Å². The summed E-state index contributed by atoms with van der Waals surface area (Å²) >= 11 is 0. The van der Waals surface area contributed by atoms with Crippen LogP contribution in [0.5, 0.6) is 0 Å². The van der Waals surface area contributed by atoms with Crippen LogP contribution >= 0.6 is 0 Å². The van der Waals surface area contributed by atoms with E-state index in [1.165, 1.54) is 23.9 Å². The molecule has 0 aliphatic heterocycles. The van der Waals surface area contributed by atoms with E-state index < -0.39 is 0 Å². The van der Waals surface area contributed by atoms with Gasteiger partial charge in [0.2, 0.25) is 0 Å². The molecule has 1 saturated carbocycles. The molecule has 0 aromatic carbocycles. The van der Waals surface area contributed by atoms with Gasteiger partial charge in [0.15, 0.2) is 5.82 Å². The highest BCUT2D eigenvalue weighted by Crippen LogP contribution is 2.25. The predicted octanol–water partition coefficient (Wildman–Crippen LogP) is 1.07. The summed E-state index contributed by atoms with van der Waals surface area (Å²) in [5, 5.41) is 25.6. The van der Waals surface area contributed by atoms with E-state index in [0.29, 0.717) is 29.8 Å². The van der Waals surface area contributed by atoms with Crippen LogP contribution in [0.4, 0.5) is 11.6 Å².